The van der Waals surface area contributed by atoms with Gasteiger partial charge in [-0.05, 0) is 19.3 Å². The first-order valence-corrected chi connectivity index (χ1v) is 10.3. The van der Waals surface area contributed by atoms with Crippen molar-refractivity contribution in [2.45, 2.75) is 67.8 Å². The number of carbonyl (C=O) groups is 1. The molecule has 0 radical (unpaired) electrons. The van der Waals surface area contributed by atoms with E-state index in [4.69, 9.17) is 9.47 Å². The summed E-state index contributed by atoms with van der Waals surface area (Å²) in [5.74, 6) is -5.83. The lowest BCUT2D eigenvalue weighted by molar-refractivity contribution is -0.419. The molecule has 11 heteroatoms. The number of fused-ring (bicyclic) bond motifs is 1. The van der Waals surface area contributed by atoms with Gasteiger partial charge in [0.05, 0.1) is 30.8 Å². The number of aliphatic hydroxyl groups excluding tert-OH is 5. The lowest BCUT2D eigenvalue weighted by Gasteiger charge is -2.72. The Balaban J connectivity index is 1.86. The van der Waals surface area contributed by atoms with Crippen LogP contribution >= 0.6 is 0 Å². The molecule has 0 unspecified atom stereocenters. The largest absolute Gasteiger partial charge is 0.460 e. The number of ether oxygens (including phenoxy) is 2. The molecule has 0 aromatic heterocycles. The Morgan fingerprint density at radius 2 is 1.81 bits per heavy atom. The van der Waals surface area contributed by atoms with Gasteiger partial charge in [-0.25, -0.2) is 4.79 Å². The minimum Gasteiger partial charge on any atom is -0.460 e. The van der Waals surface area contributed by atoms with Crippen LogP contribution in [0.5, 0.6) is 0 Å². The molecule has 174 valence electrons. The highest BCUT2D eigenvalue weighted by atomic mass is 16.7. The van der Waals surface area contributed by atoms with Crippen molar-refractivity contribution in [3.63, 3.8) is 0 Å². The summed E-state index contributed by atoms with van der Waals surface area (Å²) < 4.78 is 11.1. The van der Waals surface area contributed by atoms with E-state index in [2.05, 4.69) is 0 Å². The summed E-state index contributed by atoms with van der Waals surface area (Å²) in [7, 11) is 0. The maximum Gasteiger partial charge on any atom is 0.338 e. The lowest BCUT2D eigenvalue weighted by Crippen LogP contribution is -2.90. The molecule has 2 saturated heterocycles. The summed E-state index contributed by atoms with van der Waals surface area (Å²) in [5.41, 5.74) is -8.56. The Labute approximate surface area is 177 Å². The van der Waals surface area contributed by atoms with Crippen molar-refractivity contribution in [2.75, 3.05) is 13.2 Å². The molecule has 0 aromatic rings. The Bertz CT molecular complexity index is 877. The molecule has 2 bridgehead atoms. The molecule has 2 saturated carbocycles. The zero-order valence-electron chi connectivity index (χ0n) is 17.0. The first kappa shape index (κ1) is 21.7. The maximum absolute atomic E-state index is 12.5. The maximum atomic E-state index is 12.5. The summed E-state index contributed by atoms with van der Waals surface area (Å²) in [6.45, 7) is 1.40. The Morgan fingerprint density at radius 1 is 1.16 bits per heavy atom. The van der Waals surface area contributed by atoms with E-state index in [-0.39, 0.29) is 6.42 Å². The summed E-state index contributed by atoms with van der Waals surface area (Å²) >= 11 is 0. The van der Waals surface area contributed by atoms with Crippen LogP contribution in [0.4, 0.5) is 0 Å². The molecule has 2 aliphatic heterocycles. The molecule has 1 spiro atoms. The highest BCUT2D eigenvalue weighted by Gasteiger charge is 2.91. The number of hydrogen-bond acceptors (Lipinski definition) is 11. The molecule has 12 atom stereocenters. The second-order valence-electron chi connectivity index (χ2n) is 10.1. The Morgan fingerprint density at radius 3 is 2.42 bits per heavy atom. The number of carbonyl (C=O) groups excluding carboxylic acids is 1. The summed E-state index contributed by atoms with van der Waals surface area (Å²) in [4.78, 5) is 12.5. The van der Waals surface area contributed by atoms with Crippen molar-refractivity contribution in [1.82, 2.24) is 0 Å². The van der Waals surface area contributed by atoms with E-state index < -0.39 is 89.4 Å². The Kier molecular flexibility index (Phi) is 4.09. The van der Waals surface area contributed by atoms with Gasteiger partial charge >= 0.3 is 5.97 Å². The zero-order chi connectivity index (χ0) is 22.9. The van der Waals surface area contributed by atoms with E-state index in [0.717, 1.165) is 0 Å². The van der Waals surface area contributed by atoms with Crippen LogP contribution in [0.2, 0.25) is 0 Å². The lowest BCUT2D eigenvalue weighted by atomic mass is 9.35. The smallest absolute Gasteiger partial charge is 0.338 e. The highest BCUT2D eigenvalue weighted by Crippen LogP contribution is 2.75. The van der Waals surface area contributed by atoms with Gasteiger partial charge in [0.2, 0.25) is 0 Å². The fourth-order valence-corrected chi connectivity index (χ4v) is 7.82. The van der Waals surface area contributed by atoms with E-state index >= 15 is 0 Å². The number of allylic oxidation sites excluding steroid dienone is 1. The van der Waals surface area contributed by atoms with E-state index in [1.165, 1.54) is 6.08 Å². The van der Waals surface area contributed by atoms with Crippen molar-refractivity contribution >= 4 is 5.97 Å². The van der Waals surface area contributed by atoms with Crippen LogP contribution in [0.25, 0.3) is 0 Å². The van der Waals surface area contributed by atoms with E-state index in [9.17, 15) is 45.6 Å². The van der Waals surface area contributed by atoms with E-state index in [1.54, 1.807) is 13.8 Å². The Hall–Kier alpha value is -1.15. The molecule has 2 heterocycles. The van der Waals surface area contributed by atoms with Crippen LogP contribution in [-0.4, -0.2) is 108 Å². The number of esters is 1. The predicted molar refractivity (Wildman–Crippen MR) is 97.7 cm³/mol. The SMILES string of the molecule is CC1=C[C@H](O)[C@@H](O)[C@@]2(C)[C@@H]1C[C@H]1OC(=O)[C@H](O)[C@]3(O)[C@]14CO[C@](O)([C@H]24)[C@H](O)[C@]3(O)CO. The van der Waals surface area contributed by atoms with Gasteiger partial charge in [0.1, 0.15) is 17.8 Å². The van der Waals surface area contributed by atoms with Crippen molar-refractivity contribution in [1.29, 1.82) is 0 Å². The van der Waals surface area contributed by atoms with Crippen LogP contribution in [0.3, 0.4) is 0 Å². The van der Waals surface area contributed by atoms with Crippen molar-refractivity contribution in [3.05, 3.63) is 11.6 Å². The third kappa shape index (κ3) is 1.89. The predicted octanol–water partition coefficient (Wildman–Crippen LogP) is -3.87. The van der Waals surface area contributed by atoms with Crippen molar-refractivity contribution in [3.8, 4) is 0 Å². The second kappa shape index (κ2) is 5.85. The average Bonchev–Trinajstić information content (AvgIpc) is 3.04. The second-order valence-corrected chi connectivity index (χ2v) is 10.1. The molecular weight excluding hydrogens is 416 g/mol. The topological polar surface area (TPSA) is 197 Å². The molecular formula is C20H28O11. The normalized spacial score (nSPS) is 62.5. The summed E-state index contributed by atoms with van der Waals surface area (Å²) in [6, 6.07) is 0. The third-order valence-corrected chi connectivity index (χ3v) is 9.14. The summed E-state index contributed by atoms with van der Waals surface area (Å²) in [6.07, 6.45) is -7.29. The first-order valence-electron chi connectivity index (χ1n) is 10.3. The molecule has 0 amide bonds. The van der Waals surface area contributed by atoms with Gasteiger partial charge in [-0.1, -0.05) is 18.6 Å². The fourth-order valence-electron chi connectivity index (χ4n) is 7.82. The summed E-state index contributed by atoms with van der Waals surface area (Å²) in [5, 5.41) is 88.1. The van der Waals surface area contributed by atoms with Gasteiger partial charge in [-0.2, -0.15) is 0 Å². The van der Waals surface area contributed by atoms with Crippen LogP contribution in [-0.2, 0) is 14.3 Å². The molecule has 0 aromatic carbocycles. The monoisotopic (exact) mass is 444 g/mol. The molecule has 11 nitrogen and oxygen atoms in total. The molecule has 5 aliphatic rings. The molecule has 3 aliphatic carbocycles. The van der Waals surface area contributed by atoms with Gasteiger partial charge in [0.25, 0.3) is 0 Å². The van der Waals surface area contributed by atoms with Crippen LogP contribution in [0.1, 0.15) is 20.3 Å². The van der Waals surface area contributed by atoms with Gasteiger partial charge in [-0.15, -0.1) is 0 Å². The third-order valence-electron chi connectivity index (χ3n) is 9.14. The standard InChI is InChI=1S/C20H28O11/c1-7-3-9(22)11(23)16(2)8(7)4-10-17-6-30-19(28,14(16)17)15(26)18(27,5-21)20(17,29)12(24)13(25)31-10/h3,8-12,14-15,21-24,26-29H,4-6H2,1-2H3/t8-,9+,10-,11-,12+,14-,15-,16-,17-,18-,19-,20+/m1/s1. The van der Waals surface area contributed by atoms with Crippen LogP contribution < -0.4 is 0 Å². The average molecular weight is 444 g/mol. The highest BCUT2D eigenvalue weighted by molar-refractivity contribution is 5.79. The number of aliphatic hydroxyl groups is 8. The van der Waals surface area contributed by atoms with Gasteiger partial charge < -0.3 is 50.3 Å². The van der Waals surface area contributed by atoms with E-state index in [1.807, 2.05) is 0 Å². The van der Waals surface area contributed by atoms with Gasteiger partial charge in [-0.3, -0.25) is 0 Å². The van der Waals surface area contributed by atoms with E-state index in [0.29, 0.717) is 5.57 Å². The van der Waals surface area contributed by atoms with Gasteiger partial charge in [0, 0.05) is 11.3 Å². The molecule has 4 fully saturated rings. The minimum absolute atomic E-state index is 0.0247. The quantitative estimate of drug-likeness (QED) is 0.145. The zero-order valence-corrected chi connectivity index (χ0v) is 17.0. The van der Waals surface area contributed by atoms with Crippen molar-refractivity contribution < 1.29 is 55.1 Å². The first-order chi connectivity index (χ1) is 14.3. The van der Waals surface area contributed by atoms with Crippen LogP contribution in [0, 0.1) is 22.7 Å². The number of rotatable bonds is 1. The molecule has 8 N–H and O–H groups in total. The number of hydrogen-bond donors (Lipinski definition) is 8. The molecule has 31 heavy (non-hydrogen) atoms. The van der Waals surface area contributed by atoms with Crippen LogP contribution in [0.15, 0.2) is 11.6 Å². The fraction of sp³-hybridized carbons (Fsp3) is 0.850. The van der Waals surface area contributed by atoms with Crippen molar-refractivity contribution in [2.24, 2.45) is 22.7 Å². The van der Waals surface area contributed by atoms with Gasteiger partial charge in [0.15, 0.2) is 17.5 Å². The minimum atomic E-state index is -2.96. The molecule has 5 rings (SSSR count).